The van der Waals surface area contributed by atoms with Crippen molar-refractivity contribution in [3.05, 3.63) is 161 Å². The van der Waals surface area contributed by atoms with E-state index in [1.54, 1.807) is 0 Å². The predicted molar refractivity (Wildman–Crippen MR) is 168 cm³/mol. The van der Waals surface area contributed by atoms with Gasteiger partial charge in [0.15, 0.2) is 0 Å². The third-order valence-electron chi connectivity index (χ3n) is 9.21. The monoisotopic (exact) mass is 523 g/mol. The van der Waals surface area contributed by atoms with Gasteiger partial charge in [0.25, 0.3) is 0 Å². The zero-order valence-corrected chi connectivity index (χ0v) is 22.2. The fourth-order valence-corrected chi connectivity index (χ4v) is 7.70. The lowest BCUT2D eigenvalue weighted by molar-refractivity contribution is 0.748. The fourth-order valence-electron chi connectivity index (χ4n) is 7.70. The quantitative estimate of drug-likeness (QED) is 0.173. The second-order valence-corrected chi connectivity index (χ2v) is 11.1. The summed E-state index contributed by atoms with van der Waals surface area (Å²) in [5.74, 6) is 0.0892. The van der Waals surface area contributed by atoms with Gasteiger partial charge in [-0.1, -0.05) is 115 Å². The Bertz CT molecular complexity index is 2240. The van der Waals surface area contributed by atoms with Crippen LogP contribution in [0.25, 0.3) is 49.7 Å². The molecule has 2 aliphatic rings. The molecule has 1 aromatic heterocycles. The number of amidine groups is 1. The highest BCUT2D eigenvalue weighted by Crippen LogP contribution is 2.61. The van der Waals surface area contributed by atoms with Crippen molar-refractivity contribution >= 4 is 27.6 Å². The first-order valence-corrected chi connectivity index (χ1v) is 14.0. The molecule has 1 aliphatic heterocycles. The lowest BCUT2D eigenvalue weighted by atomic mass is 9.65. The molecule has 41 heavy (non-hydrogen) atoms. The largest absolute Gasteiger partial charge is 0.384 e. The van der Waals surface area contributed by atoms with Crippen molar-refractivity contribution in [3.8, 4) is 27.9 Å². The predicted octanol–water partition coefficient (Wildman–Crippen LogP) is 8.41. The smallest absolute Gasteiger partial charge is 0.123 e. The first kappa shape index (κ1) is 22.4. The molecule has 0 amide bonds. The molecule has 0 bridgehead atoms. The Balaban J connectivity index is 1.51. The Hall–Kier alpha value is -5.41. The van der Waals surface area contributed by atoms with Crippen molar-refractivity contribution < 1.29 is 0 Å². The van der Waals surface area contributed by atoms with Crippen molar-refractivity contribution in [3.63, 3.8) is 0 Å². The van der Waals surface area contributed by atoms with Crippen molar-refractivity contribution in [2.75, 3.05) is 0 Å². The van der Waals surface area contributed by atoms with Crippen LogP contribution in [-0.4, -0.2) is 10.4 Å². The summed E-state index contributed by atoms with van der Waals surface area (Å²) in [5.41, 5.74) is 19.6. The van der Waals surface area contributed by atoms with Gasteiger partial charge in [-0.3, -0.25) is 5.41 Å². The molecule has 0 radical (unpaired) electrons. The van der Waals surface area contributed by atoms with E-state index in [0.29, 0.717) is 0 Å². The number of benzene rings is 6. The summed E-state index contributed by atoms with van der Waals surface area (Å²) in [4.78, 5) is 0. The van der Waals surface area contributed by atoms with Crippen LogP contribution in [-0.2, 0) is 5.41 Å². The first-order valence-electron chi connectivity index (χ1n) is 14.0. The Morgan fingerprint density at radius 2 is 1.29 bits per heavy atom. The zero-order valence-electron chi connectivity index (χ0n) is 22.2. The highest BCUT2D eigenvalue weighted by Gasteiger charge is 2.51. The van der Waals surface area contributed by atoms with Gasteiger partial charge >= 0.3 is 0 Å². The lowest BCUT2D eigenvalue weighted by Gasteiger charge is -2.39. The van der Waals surface area contributed by atoms with E-state index in [4.69, 9.17) is 11.1 Å². The van der Waals surface area contributed by atoms with Crippen LogP contribution in [0, 0.1) is 5.41 Å². The van der Waals surface area contributed by atoms with E-state index < -0.39 is 5.41 Å². The summed E-state index contributed by atoms with van der Waals surface area (Å²) in [5, 5.41) is 11.1. The number of para-hydroxylation sites is 3. The molecular formula is C38H25N3. The minimum Gasteiger partial charge on any atom is -0.384 e. The Morgan fingerprint density at radius 1 is 0.585 bits per heavy atom. The topological polar surface area (TPSA) is 54.8 Å². The van der Waals surface area contributed by atoms with Crippen LogP contribution in [0.15, 0.2) is 133 Å². The van der Waals surface area contributed by atoms with Crippen LogP contribution in [0.2, 0.25) is 0 Å². The van der Waals surface area contributed by atoms with E-state index in [1.165, 1.54) is 55.3 Å². The number of nitrogens with one attached hydrogen (secondary N) is 1. The van der Waals surface area contributed by atoms with Gasteiger partial charge in [0.1, 0.15) is 5.84 Å². The van der Waals surface area contributed by atoms with E-state index in [2.05, 4.69) is 126 Å². The second kappa shape index (κ2) is 7.83. The highest BCUT2D eigenvalue weighted by molar-refractivity contribution is 6.13. The second-order valence-electron chi connectivity index (χ2n) is 11.1. The molecule has 1 unspecified atom stereocenters. The van der Waals surface area contributed by atoms with Crippen LogP contribution >= 0.6 is 0 Å². The minimum absolute atomic E-state index is 0.0892. The average Bonchev–Trinajstić information content (AvgIpc) is 3.52. The standard InChI is InChI=1S/C38H25N3/c39-37(40)27-14-9-16-31-35(27)28-22-24(23-10-2-1-3-11-23)20-21-29(28)38(31)30-15-5-7-19-34(30)41-33-18-6-4-12-25(33)26-13-8-17-32(38)36(26)41/h1-22H,(H3,39,40). The molecule has 9 rings (SSSR count). The number of hydrogen-bond acceptors (Lipinski definition) is 1. The van der Waals surface area contributed by atoms with Gasteiger partial charge in [-0.15, -0.1) is 0 Å². The summed E-state index contributed by atoms with van der Waals surface area (Å²) in [6.45, 7) is 0. The van der Waals surface area contributed by atoms with Crippen LogP contribution < -0.4 is 5.73 Å². The van der Waals surface area contributed by atoms with Crippen molar-refractivity contribution in [2.24, 2.45) is 5.73 Å². The summed E-state index contributed by atoms with van der Waals surface area (Å²) >= 11 is 0. The number of hydrogen-bond donors (Lipinski definition) is 2. The summed E-state index contributed by atoms with van der Waals surface area (Å²) in [6.07, 6.45) is 0. The maximum atomic E-state index is 8.59. The molecule has 3 heteroatoms. The molecule has 1 atom stereocenters. The van der Waals surface area contributed by atoms with Crippen molar-refractivity contribution in [1.82, 2.24) is 4.57 Å². The molecule has 3 N–H and O–H groups in total. The Labute approximate surface area is 237 Å². The van der Waals surface area contributed by atoms with Crippen LogP contribution in [0.1, 0.15) is 27.8 Å². The number of aromatic nitrogens is 1. The summed E-state index contributed by atoms with van der Waals surface area (Å²) in [7, 11) is 0. The number of rotatable bonds is 2. The number of fused-ring (bicyclic) bond motifs is 12. The molecule has 6 aromatic carbocycles. The van der Waals surface area contributed by atoms with E-state index in [-0.39, 0.29) is 5.84 Å². The average molecular weight is 524 g/mol. The van der Waals surface area contributed by atoms with E-state index in [9.17, 15) is 0 Å². The van der Waals surface area contributed by atoms with Gasteiger partial charge in [-0.25, -0.2) is 0 Å². The zero-order chi connectivity index (χ0) is 27.3. The SMILES string of the molecule is N=C(N)c1cccc2c1-c1cc(-c3ccccc3)ccc1C21c2ccccc2-n2c3ccccc3c3cccc1c32. The van der Waals surface area contributed by atoms with Gasteiger partial charge in [0.05, 0.1) is 22.1 Å². The third kappa shape index (κ3) is 2.66. The molecule has 2 heterocycles. The minimum atomic E-state index is -0.550. The molecular weight excluding hydrogens is 498 g/mol. The molecule has 1 aliphatic carbocycles. The third-order valence-corrected chi connectivity index (χ3v) is 9.21. The highest BCUT2D eigenvalue weighted by atomic mass is 15.0. The molecule has 3 nitrogen and oxygen atoms in total. The summed E-state index contributed by atoms with van der Waals surface area (Å²) in [6, 6.07) is 48.0. The molecule has 0 saturated heterocycles. The maximum Gasteiger partial charge on any atom is 0.123 e. The Morgan fingerprint density at radius 3 is 2.17 bits per heavy atom. The van der Waals surface area contributed by atoms with Gasteiger partial charge in [-0.05, 0) is 62.7 Å². The number of nitrogen functional groups attached to an aromatic ring is 1. The first-order chi connectivity index (χ1) is 20.2. The number of nitrogens with zero attached hydrogens (tertiary/aromatic N) is 1. The van der Waals surface area contributed by atoms with Gasteiger partial charge in [0, 0.05) is 16.3 Å². The fraction of sp³-hybridized carbons (Fsp3) is 0.0263. The van der Waals surface area contributed by atoms with Crippen LogP contribution in [0.5, 0.6) is 0 Å². The molecule has 192 valence electrons. The molecule has 7 aromatic rings. The van der Waals surface area contributed by atoms with E-state index in [1.807, 2.05) is 12.1 Å². The Kier molecular flexibility index (Phi) is 4.28. The van der Waals surface area contributed by atoms with Crippen LogP contribution in [0.3, 0.4) is 0 Å². The number of nitrogens with two attached hydrogens (primary N) is 1. The van der Waals surface area contributed by atoms with E-state index in [0.717, 1.165) is 22.3 Å². The van der Waals surface area contributed by atoms with Gasteiger partial charge in [-0.2, -0.15) is 0 Å². The molecule has 1 spiro atoms. The van der Waals surface area contributed by atoms with Crippen molar-refractivity contribution in [2.45, 2.75) is 5.41 Å². The molecule has 0 fully saturated rings. The lowest BCUT2D eigenvalue weighted by Crippen LogP contribution is -2.33. The van der Waals surface area contributed by atoms with Gasteiger partial charge in [0.2, 0.25) is 0 Å². The van der Waals surface area contributed by atoms with Crippen LogP contribution in [0.4, 0.5) is 0 Å². The summed E-state index contributed by atoms with van der Waals surface area (Å²) < 4.78 is 2.45. The maximum absolute atomic E-state index is 8.59. The normalized spacial score (nSPS) is 16.1. The molecule has 0 saturated carbocycles. The van der Waals surface area contributed by atoms with Crippen molar-refractivity contribution in [1.29, 1.82) is 5.41 Å². The van der Waals surface area contributed by atoms with Gasteiger partial charge < -0.3 is 10.3 Å². The van der Waals surface area contributed by atoms with E-state index >= 15 is 0 Å².